The van der Waals surface area contributed by atoms with Crippen molar-refractivity contribution in [2.45, 2.75) is 52.4 Å². The maximum atomic E-state index is 6.00. The summed E-state index contributed by atoms with van der Waals surface area (Å²) in [5, 5.41) is 3.99. The summed E-state index contributed by atoms with van der Waals surface area (Å²) >= 11 is 6.00. The monoisotopic (exact) mass is 267 g/mol. The van der Waals surface area contributed by atoms with Crippen LogP contribution in [0.15, 0.2) is 6.07 Å². The molecule has 1 fully saturated rings. The minimum atomic E-state index is 0.462. The van der Waals surface area contributed by atoms with Gasteiger partial charge in [-0.2, -0.15) is 0 Å². The van der Waals surface area contributed by atoms with Gasteiger partial charge in [-0.25, -0.2) is 9.97 Å². The van der Waals surface area contributed by atoms with Gasteiger partial charge in [0.05, 0.1) is 0 Å². The number of aromatic nitrogens is 2. The molecule has 0 atom stereocenters. The van der Waals surface area contributed by atoms with Gasteiger partial charge in [-0.05, 0) is 24.7 Å². The van der Waals surface area contributed by atoms with Gasteiger partial charge >= 0.3 is 0 Å². The molecule has 4 heteroatoms. The van der Waals surface area contributed by atoms with Crippen LogP contribution in [-0.2, 0) is 6.42 Å². The van der Waals surface area contributed by atoms with Gasteiger partial charge in [-0.15, -0.1) is 0 Å². The summed E-state index contributed by atoms with van der Waals surface area (Å²) in [6.07, 6.45) is 7.43. The molecule has 1 aromatic heterocycles. The first kappa shape index (κ1) is 13.6. The van der Waals surface area contributed by atoms with Gasteiger partial charge in [0.2, 0.25) is 0 Å². The molecule has 1 saturated carbocycles. The Morgan fingerprint density at radius 2 is 2.00 bits per heavy atom. The van der Waals surface area contributed by atoms with Crippen LogP contribution < -0.4 is 5.32 Å². The molecular weight excluding hydrogens is 246 g/mol. The molecule has 0 aromatic carbocycles. The van der Waals surface area contributed by atoms with E-state index >= 15 is 0 Å². The van der Waals surface area contributed by atoms with Crippen molar-refractivity contribution < 1.29 is 0 Å². The highest BCUT2D eigenvalue weighted by molar-refractivity contribution is 6.29. The summed E-state index contributed by atoms with van der Waals surface area (Å²) in [6, 6.07) is 1.82. The minimum Gasteiger partial charge on any atom is -0.369 e. The normalized spacial score (nSPS) is 17.9. The minimum absolute atomic E-state index is 0.462. The number of rotatable bonds is 5. The lowest BCUT2D eigenvalue weighted by Crippen LogP contribution is -2.26. The lowest BCUT2D eigenvalue weighted by molar-refractivity contribution is 0.306. The van der Waals surface area contributed by atoms with Crippen molar-refractivity contribution in [3.8, 4) is 0 Å². The molecule has 0 unspecified atom stereocenters. The van der Waals surface area contributed by atoms with Gasteiger partial charge in [0, 0.05) is 19.0 Å². The van der Waals surface area contributed by atoms with Crippen LogP contribution in [0.3, 0.4) is 0 Å². The van der Waals surface area contributed by atoms with E-state index in [-0.39, 0.29) is 0 Å². The third kappa shape index (κ3) is 3.14. The molecule has 1 aliphatic carbocycles. The van der Waals surface area contributed by atoms with E-state index in [0.717, 1.165) is 24.6 Å². The lowest BCUT2D eigenvalue weighted by Gasteiger charge is -2.28. The van der Waals surface area contributed by atoms with Crippen LogP contribution in [0.5, 0.6) is 0 Å². The van der Waals surface area contributed by atoms with Gasteiger partial charge in [0.15, 0.2) is 0 Å². The molecule has 1 heterocycles. The molecule has 1 aromatic rings. The highest BCUT2D eigenvalue weighted by Crippen LogP contribution is 2.40. The Balaban J connectivity index is 2.03. The Morgan fingerprint density at radius 3 is 2.61 bits per heavy atom. The van der Waals surface area contributed by atoms with Crippen LogP contribution in [-0.4, -0.2) is 16.5 Å². The summed E-state index contributed by atoms with van der Waals surface area (Å²) in [4.78, 5) is 8.66. The maximum absolute atomic E-state index is 6.00. The Bertz CT molecular complexity index is 400. The first-order valence-electron chi connectivity index (χ1n) is 6.95. The lowest BCUT2D eigenvalue weighted by atomic mass is 9.83. The molecule has 0 aliphatic heterocycles. The van der Waals surface area contributed by atoms with Crippen LogP contribution in [0, 0.1) is 5.41 Å². The summed E-state index contributed by atoms with van der Waals surface area (Å²) < 4.78 is 0. The van der Waals surface area contributed by atoms with Crippen molar-refractivity contribution in [2.24, 2.45) is 5.41 Å². The van der Waals surface area contributed by atoms with E-state index in [2.05, 4.69) is 22.2 Å². The average Bonchev–Trinajstić information content (AvgIpc) is 2.85. The van der Waals surface area contributed by atoms with E-state index in [0.29, 0.717) is 10.6 Å². The number of hydrogen-bond donors (Lipinski definition) is 1. The predicted octanol–water partition coefficient (Wildman–Crippen LogP) is 4.07. The molecular formula is C14H22ClN3. The fourth-order valence-corrected chi connectivity index (χ4v) is 2.97. The van der Waals surface area contributed by atoms with Crippen LogP contribution >= 0.6 is 11.6 Å². The maximum Gasteiger partial charge on any atom is 0.134 e. The molecule has 0 spiro atoms. The van der Waals surface area contributed by atoms with Gasteiger partial charge in [0.25, 0.3) is 0 Å². The Labute approximate surface area is 114 Å². The number of nitrogens with one attached hydrogen (secondary N) is 1. The topological polar surface area (TPSA) is 37.8 Å². The van der Waals surface area contributed by atoms with E-state index < -0.39 is 0 Å². The molecule has 0 amide bonds. The second-order valence-corrected chi connectivity index (χ2v) is 5.65. The number of hydrogen-bond acceptors (Lipinski definition) is 3. The van der Waals surface area contributed by atoms with Gasteiger partial charge in [-0.1, -0.05) is 38.3 Å². The van der Waals surface area contributed by atoms with Crippen LogP contribution in [0.1, 0.15) is 51.8 Å². The fraction of sp³-hybridized carbons (Fsp3) is 0.714. The largest absolute Gasteiger partial charge is 0.369 e. The quantitative estimate of drug-likeness (QED) is 0.817. The van der Waals surface area contributed by atoms with Crippen LogP contribution in [0.25, 0.3) is 0 Å². The van der Waals surface area contributed by atoms with Crippen molar-refractivity contribution in [3.05, 3.63) is 17.0 Å². The van der Waals surface area contributed by atoms with Gasteiger partial charge < -0.3 is 5.32 Å². The molecule has 0 bridgehead atoms. The van der Waals surface area contributed by atoms with E-state index in [9.17, 15) is 0 Å². The van der Waals surface area contributed by atoms with Crippen LogP contribution in [0.2, 0.25) is 5.15 Å². The Morgan fingerprint density at radius 1 is 1.28 bits per heavy atom. The summed E-state index contributed by atoms with van der Waals surface area (Å²) in [6.45, 7) is 5.33. The molecule has 3 nitrogen and oxygen atoms in total. The van der Waals surface area contributed by atoms with Crippen molar-refractivity contribution in [1.82, 2.24) is 9.97 Å². The zero-order chi connectivity index (χ0) is 13.0. The van der Waals surface area contributed by atoms with Crippen molar-refractivity contribution >= 4 is 17.4 Å². The zero-order valence-corrected chi connectivity index (χ0v) is 12.1. The van der Waals surface area contributed by atoms with Gasteiger partial charge in [0.1, 0.15) is 16.8 Å². The summed E-state index contributed by atoms with van der Waals surface area (Å²) in [7, 11) is 0. The zero-order valence-electron chi connectivity index (χ0n) is 11.3. The number of halogens is 1. The molecule has 1 aliphatic rings. The number of nitrogens with zero attached hydrogens (tertiary/aromatic N) is 2. The highest BCUT2D eigenvalue weighted by Gasteiger charge is 2.31. The molecule has 2 rings (SSSR count). The first-order valence-corrected chi connectivity index (χ1v) is 7.32. The predicted molar refractivity (Wildman–Crippen MR) is 76.1 cm³/mol. The van der Waals surface area contributed by atoms with Crippen molar-refractivity contribution in [3.63, 3.8) is 0 Å². The molecule has 18 heavy (non-hydrogen) atoms. The SMILES string of the molecule is CCc1nc(Cl)cc(NCC2(CC)CCCC2)n1. The van der Waals surface area contributed by atoms with Gasteiger partial charge in [-0.3, -0.25) is 0 Å². The van der Waals surface area contributed by atoms with Crippen molar-refractivity contribution in [1.29, 1.82) is 0 Å². The molecule has 100 valence electrons. The van der Waals surface area contributed by atoms with E-state index in [1.54, 1.807) is 0 Å². The molecule has 0 saturated heterocycles. The Kier molecular flexibility index (Phi) is 4.44. The third-order valence-electron chi connectivity index (χ3n) is 4.12. The summed E-state index contributed by atoms with van der Waals surface area (Å²) in [5.74, 6) is 1.67. The second kappa shape index (κ2) is 5.87. The smallest absolute Gasteiger partial charge is 0.134 e. The number of anilines is 1. The molecule has 1 N–H and O–H groups in total. The second-order valence-electron chi connectivity index (χ2n) is 5.26. The van der Waals surface area contributed by atoms with Crippen LogP contribution in [0.4, 0.5) is 5.82 Å². The Hall–Kier alpha value is -0.830. The summed E-state index contributed by atoms with van der Waals surface area (Å²) in [5.41, 5.74) is 0.462. The number of aryl methyl sites for hydroxylation is 1. The highest BCUT2D eigenvalue weighted by atomic mass is 35.5. The molecule has 0 radical (unpaired) electrons. The standard InChI is InChI=1S/C14H22ClN3/c1-3-12-17-11(15)9-13(18-12)16-10-14(4-2)7-5-6-8-14/h9H,3-8,10H2,1-2H3,(H,16,17,18). The fourth-order valence-electron chi connectivity index (χ4n) is 2.77. The van der Waals surface area contributed by atoms with E-state index in [1.165, 1.54) is 32.1 Å². The average molecular weight is 268 g/mol. The first-order chi connectivity index (χ1) is 8.67. The third-order valence-corrected chi connectivity index (χ3v) is 4.31. The van der Waals surface area contributed by atoms with Crippen molar-refractivity contribution in [2.75, 3.05) is 11.9 Å². The van der Waals surface area contributed by atoms with E-state index in [4.69, 9.17) is 11.6 Å². The van der Waals surface area contributed by atoms with E-state index in [1.807, 2.05) is 13.0 Å².